The van der Waals surface area contributed by atoms with Gasteiger partial charge in [0.1, 0.15) is 11.5 Å². The highest BCUT2D eigenvalue weighted by Crippen LogP contribution is 2.37. The van der Waals surface area contributed by atoms with Gasteiger partial charge in [-0.25, -0.2) is 0 Å². The Labute approximate surface area is 120 Å². The number of rotatable bonds is 5. The summed E-state index contributed by atoms with van der Waals surface area (Å²) < 4.78 is 0. The first kappa shape index (κ1) is 15.1. The molecule has 0 aliphatic heterocycles. The summed E-state index contributed by atoms with van der Waals surface area (Å²) >= 11 is 0. The molecule has 1 aliphatic carbocycles. The summed E-state index contributed by atoms with van der Waals surface area (Å²) in [7, 11) is 0. The van der Waals surface area contributed by atoms with Gasteiger partial charge < -0.3 is 20.6 Å². The van der Waals surface area contributed by atoms with E-state index in [4.69, 9.17) is 0 Å². The quantitative estimate of drug-likeness (QED) is 0.668. The zero-order chi connectivity index (χ0) is 14.6. The van der Waals surface area contributed by atoms with E-state index in [0.29, 0.717) is 12.1 Å². The van der Waals surface area contributed by atoms with Gasteiger partial charge >= 0.3 is 0 Å². The van der Waals surface area contributed by atoms with Gasteiger partial charge in [0.25, 0.3) is 0 Å². The predicted octanol–water partition coefficient (Wildman–Crippen LogP) is 2.69. The standard InChI is InChI=1S/C16H25NO3/c1-12(15-13(19)6-5-7-14(15)20)17-10-16(11-18)8-3-2-4-9-16/h5-7,12,17-20H,2-4,8-11H2,1H3. The van der Waals surface area contributed by atoms with E-state index in [1.807, 2.05) is 6.92 Å². The molecule has 0 amide bonds. The van der Waals surface area contributed by atoms with Crippen LogP contribution in [0.15, 0.2) is 18.2 Å². The van der Waals surface area contributed by atoms with Crippen LogP contribution in [0, 0.1) is 5.41 Å². The molecule has 0 spiro atoms. The van der Waals surface area contributed by atoms with E-state index in [9.17, 15) is 15.3 Å². The second kappa shape index (κ2) is 6.46. The Morgan fingerprint density at radius 1 is 1.15 bits per heavy atom. The second-order valence-electron chi connectivity index (χ2n) is 6.03. The Hall–Kier alpha value is -1.26. The molecule has 1 fully saturated rings. The molecule has 1 saturated carbocycles. The lowest BCUT2D eigenvalue weighted by atomic mass is 9.74. The van der Waals surface area contributed by atoms with Crippen molar-refractivity contribution in [2.75, 3.05) is 13.2 Å². The van der Waals surface area contributed by atoms with Crippen molar-refractivity contribution in [2.45, 2.75) is 45.1 Å². The number of aliphatic hydroxyl groups excluding tert-OH is 1. The lowest BCUT2D eigenvalue weighted by Gasteiger charge is -2.36. The smallest absolute Gasteiger partial charge is 0.124 e. The zero-order valence-corrected chi connectivity index (χ0v) is 12.1. The molecule has 112 valence electrons. The average molecular weight is 279 g/mol. The number of nitrogens with one attached hydrogen (secondary N) is 1. The molecular weight excluding hydrogens is 254 g/mol. The number of aromatic hydroxyl groups is 2. The number of phenolic OH excluding ortho intramolecular Hbond substituents is 2. The van der Waals surface area contributed by atoms with Crippen molar-refractivity contribution in [2.24, 2.45) is 5.41 Å². The monoisotopic (exact) mass is 279 g/mol. The maximum atomic E-state index is 9.87. The predicted molar refractivity (Wildman–Crippen MR) is 78.8 cm³/mol. The van der Waals surface area contributed by atoms with Crippen LogP contribution in [-0.4, -0.2) is 28.5 Å². The molecule has 0 radical (unpaired) electrons. The summed E-state index contributed by atoms with van der Waals surface area (Å²) in [5, 5.41) is 32.8. The van der Waals surface area contributed by atoms with Crippen LogP contribution >= 0.6 is 0 Å². The van der Waals surface area contributed by atoms with Gasteiger partial charge in [0, 0.05) is 24.6 Å². The van der Waals surface area contributed by atoms with Crippen molar-refractivity contribution in [3.8, 4) is 11.5 Å². The van der Waals surface area contributed by atoms with E-state index in [1.165, 1.54) is 19.3 Å². The van der Waals surface area contributed by atoms with Crippen LogP contribution in [0.2, 0.25) is 0 Å². The molecule has 4 heteroatoms. The Morgan fingerprint density at radius 3 is 2.30 bits per heavy atom. The highest BCUT2D eigenvalue weighted by atomic mass is 16.3. The maximum Gasteiger partial charge on any atom is 0.124 e. The molecule has 1 aromatic carbocycles. The van der Waals surface area contributed by atoms with Gasteiger partial charge in [-0.2, -0.15) is 0 Å². The third-order valence-electron chi connectivity index (χ3n) is 4.53. The van der Waals surface area contributed by atoms with Crippen molar-refractivity contribution in [1.82, 2.24) is 5.32 Å². The third kappa shape index (κ3) is 3.25. The molecule has 1 unspecified atom stereocenters. The minimum Gasteiger partial charge on any atom is -0.507 e. The van der Waals surface area contributed by atoms with Crippen molar-refractivity contribution in [1.29, 1.82) is 0 Å². The number of hydrogen-bond donors (Lipinski definition) is 4. The summed E-state index contributed by atoms with van der Waals surface area (Å²) in [6.07, 6.45) is 5.65. The van der Waals surface area contributed by atoms with Crippen LogP contribution in [0.25, 0.3) is 0 Å². The summed E-state index contributed by atoms with van der Waals surface area (Å²) in [4.78, 5) is 0. The number of benzene rings is 1. The Bertz CT molecular complexity index is 421. The maximum absolute atomic E-state index is 9.87. The minimum atomic E-state index is -0.151. The van der Waals surface area contributed by atoms with Crippen LogP contribution < -0.4 is 5.32 Å². The van der Waals surface area contributed by atoms with E-state index in [0.717, 1.165) is 12.8 Å². The second-order valence-corrected chi connectivity index (χ2v) is 6.03. The van der Waals surface area contributed by atoms with E-state index in [2.05, 4.69) is 5.32 Å². The summed E-state index contributed by atoms with van der Waals surface area (Å²) in [6, 6.07) is 4.63. The van der Waals surface area contributed by atoms with E-state index < -0.39 is 0 Å². The fraction of sp³-hybridized carbons (Fsp3) is 0.625. The molecule has 1 atom stereocenters. The molecular formula is C16H25NO3. The average Bonchev–Trinajstić information content (AvgIpc) is 2.46. The van der Waals surface area contributed by atoms with Crippen LogP contribution in [0.5, 0.6) is 11.5 Å². The van der Waals surface area contributed by atoms with Crippen molar-refractivity contribution in [3.05, 3.63) is 23.8 Å². The minimum absolute atomic E-state index is 0.0491. The molecule has 1 aliphatic rings. The van der Waals surface area contributed by atoms with Gasteiger partial charge in [0.15, 0.2) is 0 Å². The Morgan fingerprint density at radius 2 is 1.75 bits per heavy atom. The fourth-order valence-corrected chi connectivity index (χ4v) is 3.15. The van der Waals surface area contributed by atoms with E-state index in [-0.39, 0.29) is 29.6 Å². The molecule has 0 bridgehead atoms. The van der Waals surface area contributed by atoms with Crippen molar-refractivity contribution >= 4 is 0 Å². The molecule has 2 rings (SSSR count). The molecule has 4 nitrogen and oxygen atoms in total. The molecule has 4 N–H and O–H groups in total. The first-order chi connectivity index (χ1) is 9.58. The van der Waals surface area contributed by atoms with Crippen molar-refractivity contribution in [3.63, 3.8) is 0 Å². The molecule has 1 aromatic rings. The fourth-order valence-electron chi connectivity index (χ4n) is 3.15. The Balaban J connectivity index is 2.02. The van der Waals surface area contributed by atoms with Crippen LogP contribution in [0.4, 0.5) is 0 Å². The number of phenols is 2. The van der Waals surface area contributed by atoms with Crippen LogP contribution in [-0.2, 0) is 0 Å². The van der Waals surface area contributed by atoms with Gasteiger partial charge in [-0.1, -0.05) is 25.3 Å². The van der Waals surface area contributed by atoms with Gasteiger partial charge in [0.2, 0.25) is 0 Å². The molecule has 0 aromatic heterocycles. The van der Waals surface area contributed by atoms with Crippen LogP contribution in [0.1, 0.15) is 50.6 Å². The lowest BCUT2D eigenvalue weighted by Crippen LogP contribution is -2.40. The largest absolute Gasteiger partial charge is 0.507 e. The summed E-state index contributed by atoms with van der Waals surface area (Å²) in [5.74, 6) is 0.207. The topological polar surface area (TPSA) is 72.7 Å². The van der Waals surface area contributed by atoms with Gasteiger partial charge in [-0.05, 0) is 31.9 Å². The highest BCUT2D eigenvalue weighted by molar-refractivity contribution is 5.44. The van der Waals surface area contributed by atoms with E-state index in [1.54, 1.807) is 18.2 Å². The zero-order valence-electron chi connectivity index (χ0n) is 12.1. The first-order valence-corrected chi connectivity index (χ1v) is 7.43. The molecule has 20 heavy (non-hydrogen) atoms. The van der Waals surface area contributed by atoms with Gasteiger partial charge in [-0.3, -0.25) is 0 Å². The first-order valence-electron chi connectivity index (χ1n) is 7.43. The molecule has 0 heterocycles. The third-order valence-corrected chi connectivity index (χ3v) is 4.53. The number of aliphatic hydroxyl groups is 1. The molecule has 0 saturated heterocycles. The highest BCUT2D eigenvalue weighted by Gasteiger charge is 2.31. The normalized spacial score (nSPS) is 19.7. The van der Waals surface area contributed by atoms with Gasteiger partial charge in [0.05, 0.1) is 5.56 Å². The van der Waals surface area contributed by atoms with E-state index >= 15 is 0 Å². The van der Waals surface area contributed by atoms with Gasteiger partial charge in [-0.15, -0.1) is 0 Å². The number of hydrogen-bond acceptors (Lipinski definition) is 4. The SMILES string of the molecule is CC(NCC1(CO)CCCCC1)c1c(O)cccc1O. The summed E-state index contributed by atoms with van der Waals surface area (Å²) in [6.45, 7) is 2.82. The Kier molecular flexibility index (Phi) is 4.89. The van der Waals surface area contributed by atoms with Crippen LogP contribution in [0.3, 0.4) is 0 Å². The lowest BCUT2D eigenvalue weighted by molar-refractivity contribution is 0.0787. The van der Waals surface area contributed by atoms with Crippen molar-refractivity contribution < 1.29 is 15.3 Å². The summed E-state index contributed by atoms with van der Waals surface area (Å²) in [5.41, 5.74) is 0.475.